The predicted octanol–water partition coefficient (Wildman–Crippen LogP) is 5.76. The van der Waals surface area contributed by atoms with Crippen molar-refractivity contribution >= 4 is 52.5 Å². The maximum absolute atomic E-state index is 13.3. The highest BCUT2D eigenvalue weighted by atomic mass is 35.5. The van der Waals surface area contributed by atoms with Gasteiger partial charge in [0.15, 0.2) is 0 Å². The smallest absolute Gasteiger partial charge is 0.272 e. The molecule has 0 fully saturated rings. The summed E-state index contributed by atoms with van der Waals surface area (Å²) in [7, 11) is 0. The number of nitro benzene ring substituents is 1. The van der Waals surface area contributed by atoms with Gasteiger partial charge in [0.05, 0.1) is 15.5 Å². The second-order valence-electron chi connectivity index (χ2n) is 6.90. The Bertz CT molecular complexity index is 1290. The summed E-state index contributed by atoms with van der Waals surface area (Å²) in [5.41, 5.74) is 0.966. The van der Waals surface area contributed by atoms with Crippen molar-refractivity contribution in [1.29, 1.82) is 0 Å². The van der Waals surface area contributed by atoms with Crippen LogP contribution in [-0.4, -0.2) is 16.7 Å². The van der Waals surface area contributed by atoms with Gasteiger partial charge in [0, 0.05) is 22.8 Å². The minimum absolute atomic E-state index is 0.0570. The molecule has 0 aliphatic heterocycles. The summed E-state index contributed by atoms with van der Waals surface area (Å²) in [6, 6.07) is 13.6. The van der Waals surface area contributed by atoms with E-state index in [9.17, 15) is 24.1 Å². The van der Waals surface area contributed by atoms with Gasteiger partial charge in [0.2, 0.25) is 0 Å². The van der Waals surface area contributed by atoms with Crippen LogP contribution >= 0.6 is 23.2 Å². The quantitative estimate of drug-likeness (QED) is 0.262. The summed E-state index contributed by atoms with van der Waals surface area (Å²) in [5.74, 6) is -2.09. The highest BCUT2D eigenvalue weighted by Crippen LogP contribution is 2.22. The van der Waals surface area contributed by atoms with Crippen molar-refractivity contribution in [3.8, 4) is 0 Å². The van der Waals surface area contributed by atoms with E-state index < -0.39 is 22.6 Å². The average Bonchev–Trinajstić information content (AvgIpc) is 2.75. The first kappa shape index (κ1) is 23.9. The molecule has 0 aliphatic carbocycles. The molecule has 2 amide bonds. The molecule has 0 heterocycles. The van der Waals surface area contributed by atoms with Crippen LogP contribution in [0, 0.1) is 22.9 Å². The average molecular weight is 488 g/mol. The van der Waals surface area contributed by atoms with Gasteiger partial charge in [0.25, 0.3) is 17.5 Å². The normalized spacial score (nSPS) is 11.1. The summed E-state index contributed by atoms with van der Waals surface area (Å²) in [6.07, 6.45) is 1.28. The zero-order chi connectivity index (χ0) is 24.1. The van der Waals surface area contributed by atoms with E-state index in [2.05, 4.69) is 10.6 Å². The maximum Gasteiger partial charge on any atom is 0.272 e. The summed E-state index contributed by atoms with van der Waals surface area (Å²) in [5, 5.41) is 16.5. The van der Waals surface area contributed by atoms with E-state index in [-0.39, 0.29) is 22.0 Å². The third-order valence-corrected chi connectivity index (χ3v) is 5.05. The SMILES string of the molecule is Cc1cc(Cl)ccc1NC(=O)/C(=C/c1cccc([N+](=O)[O-])c1)NC(=O)c1ccc(F)cc1Cl. The van der Waals surface area contributed by atoms with Gasteiger partial charge >= 0.3 is 0 Å². The summed E-state index contributed by atoms with van der Waals surface area (Å²) >= 11 is 11.9. The first-order chi connectivity index (χ1) is 15.6. The van der Waals surface area contributed by atoms with Crippen LogP contribution in [0.1, 0.15) is 21.5 Å². The third-order valence-electron chi connectivity index (χ3n) is 4.50. The van der Waals surface area contributed by atoms with Crippen molar-refractivity contribution in [3.63, 3.8) is 0 Å². The molecule has 0 bridgehead atoms. The van der Waals surface area contributed by atoms with Crippen molar-refractivity contribution in [1.82, 2.24) is 5.32 Å². The Morgan fingerprint density at radius 1 is 1.06 bits per heavy atom. The predicted molar refractivity (Wildman–Crippen MR) is 125 cm³/mol. The number of aryl methyl sites for hydroxylation is 1. The van der Waals surface area contributed by atoms with Crippen molar-refractivity contribution in [3.05, 3.63) is 109 Å². The van der Waals surface area contributed by atoms with Gasteiger partial charge in [-0.05, 0) is 60.5 Å². The molecule has 3 aromatic rings. The Morgan fingerprint density at radius 2 is 1.82 bits per heavy atom. The first-order valence-corrected chi connectivity index (χ1v) is 10.2. The fourth-order valence-electron chi connectivity index (χ4n) is 2.87. The Kier molecular flexibility index (Phi) is 7.42. The van der Waals surface area contributed by atoms with Crippen LogP contribution in [0.25, 0.3) is 6.08 Å². The van der Waals surface area contributed by atoms with E-state index in [4.69, 9.17) is 23.2 Å². The standard InChI is InChI=1S/C23H16Cl2FN3O4/c1-13-9-15(24)5-8-20(13)27-23(31)21(11-14-3-2-4-17(10-14)29(32)33)28-22(30)18-7-6-16(26)12-19(18)25/h2-12H,1H3,(H,27,31)(H,28,30)/b21-11-. The second-order valence-corrected chi connectivity index (χ2v) is 7.75. The van der Waals surface area contributed by atoms with Crippen molar-refractivity contribution < 1.29 is 18.9 Å². The number of rotatable bonds is 6. The molecule has 0 saturated heterocycles. The summed E-state index contributed by atoms with van der Waals surface area (Å²) in [4.78, 5) is 36.3. The minimum Gasteiger partial charge on any atom is -0.320 e. The fourth-order valence-corrected chi connectivity index (χ4v) is 3.35. The molecule has 0 aliphatic rings. The largest absolute Gasteiger partial charge is 0.320 e. The molecule has 3 rings (SSSR count). The van der Waals surface area contributed by atoms with Crippen LogP contribution in [0.3, 0.4) is 0 Å². The Hall–Kier alpha value is -3.75. The topological polar surface area (TPSA) is 101 Å². The number of non-ortho nitro benzene ring substituents is 1. The van der Waals surface area contributed by atoms with Crippen LogP contribution in [-0.2, 0) is 4.79 Å². The van der Waals surface area contributed by atoms with E-state index in [0.29, 0.717) is 21.8 Å². The zero-order valence-electron chi connectivity index (χ0n) is 17.1. The third kappa shape index (κ3) is 6.15. The van der Waals surface area contributed by atoms with Crippen LogP contribution in [0.4, 0.5) is 15.8 Å². The van der Waals surface area contributed by atoms with Gasteiger partial charge in [-0.15, -0.1) is 0 Å². The maximum atomic E-state index is 13.3. The fraction of sp³-hybridized carbons (Fsp3) is 0.0435. The number of anilines is 1. The molecule has 2 N–H and O–H groups in total. The molecule has 7 nitrogen and oxygen atoms in total. The number of halogens is 3. The van der Waals surface area contributed by atoms with Crippen LogP contribution in [0.5, 0.6) is 0 Å². The van der Waals surface area contributed by atoms with E-state index >= 15 is 0 Å². The second kappa shape index (κ2) is 10.2. The lowest BCUT2D eigenvalue weighted by Crippen LogP contribution is -2.31. The van der Waals surface area contributed by atoms with Crippen molar-refractivity contribution in [2.75, 3.05) is 5.32 Å². The number of nitrogens with one attached hydrogen (secondary N) is 2. The number of nitro groups is 1. The lowest BCUT2D eigenvalue weighted by molar-refractivity contribution is -0.384. The number of benzene rings is 3. The van der Waals surface area contributed by atoms with Crippen molar-refractivity contribution in [2.24, 2.45) is 0 Å². The van der Waals surface area contributed by atoms with E-state index in [0.717, 1.165) is 12.1 Å². The molecular weight excluding hydrogens is 472 g/mol. The molecule has 0 saturated carbocycles. The molecule has 3 aromatic carbocycles. The van der Waals surface area contributed by atoms with Crippen LogP contribution in [0.2, 0.25) is 10.0 Å². The summed E-state index contributed by atoms with van der Waals surface area (Å²) < 4.78 is 13.3. The number of nitrogens with zero attached hydrogens (tertiary/aromatic N) is 1. The molecular formula is C23H16Cl2FN3O4. The lowest BCUT2D eigenvalue weighted by Gasteiger charge is -2.13. The Labute approximate surface area is 198 Å². The van der Waals surface area contributed by atoms with Gasteiger partial charge in [-0.3, -0.25) is 19.7 Å². The van der Waals surface area contributed by atoms with E-state index in [1.54, 1.807) is 25.1 Å². The highest BCUT2D eigenvalue weighted by molar-refractivity contribution is 6.34. The van der Waals surface area contributed by atoms with Gasteiger partial charge < -0.3 is 10.6 Å². The van der Waals surface area contributed by atoms with Gasteiger partial charge in [-0.1, -0.05) is 35.3 Å². The number of hydrogen-bond donors (Lipinski definition) is 2. The number of hydrogen-bond acceptors (Lipinski definition) is 4. The van der Waals surface area contributed by atoms with Crippen LogP contribution in [0.15, 0.2) is 66.4 Å². The van der Waals surface area contributed by atoms with Crippen molar-refractivity contribution in [2.45, 2.75) is 6.92 Å². The monoisotopic (exact) mass is 487 g/mol. The number of amides is 2. The molecule has 0 atom stereocenters. The zero-order valence-corrected chi connectivity index (χ0v) is 18.6. The molecule has 0 spiro atoms. The molecule has 33 heavy (non-hydrogen) atoms. The van der Waals surface area contributed by atoms with E-state index in [1.165, 1.54) is 36.4 Å². The minimum atomic E-state index is -0.764. The number of carbonyl (C=O) groups is 2. The van der Waals surface area contributed by atoms with Crippen LogP contribution < -0.4 is 10.6 Å². The Morgan fingerprint density at radius 3 is 2.48 bits per heavy atom. The molecule has 0 unspecified atom stereocenters. The number of carbonyl (C=O) groups excluding carboxylic acids is 2. The molecule has 0 aromatic heterocycles. The Balaban J connectivity index is 1.98. The lowest BCUT2D eigenvalue weighted by atomic mass is 10.1. The highest BCUT2D eigenvalue weighted by Gasteiger charge is 2.18. The van der Waals surface area contributed by atoms with E-state index in [1.807, 2.05) is 0 Å². The molecule has 168 valence electrons. The molecule has 0 radical (unpaired) electrons. The van der Waals surface area contributed by atoms with Gasteiger partial charge in [0.1, 0.15) is 11.5 Å². The summed E-state index contributed by atoms with van der Waals surface area (Å²) in [6.45, 7) is 1.74. The van der Waals surface area contributed by atoms with Gasteiger partial charge in [-0.25, -0.2) is 4.39 Å². The first-order valence-electron chi connectivity index (χ1n) is 9.44. The van der Waals surface area contributed by atoms with Gasteiger partial charge in [-0.2, -0.15) is 0 Å². The molecule has 10 heteroatoms.